The number of aromatic nitrogens is 5. The Morgan fingerprint density at radius 2 is 1.73 bits per heavy atom. The van der Waals surface area contributed by atoms with E-state index in [1.165, 1.54) is 0 Å². The summed E-state index contributed by atoms with van der Waals surface area (Å²) in [6.45, 7) is 5.68. The molecule has 0 spiro atoms. The van der Waals surface area contributed by atoms with E-state index in [4.69, 9.17) is 16.6 Å². The van der Waals surface area contributed by atoms with E-state index in [0.717, 1.165) is 35.7 Å². The smallest absolute Gasteiger partial charge is 0.156 e. The maximum Gasteiger partial charge on any atom is 0.156 e. The fourth-order valence-electron chi connectivity index (χ4n) is 5.85. The standard InChI is InChI=1S/C35H32ClN7O/c1-4-42(5-2)34-30(19-24-7-14-28(15-8-24)43-18-6-17-39-43)31(21-37)29-20-26(11-16-32(29)40-34)35(44,33-22-38-23-41(33)3)25-9-12-27(36)13-10-25/h6-18,20,22-23,44H,4-5,19H2,1-3H3. The number of hydrogen-bond acceptors (Lipinski definition) is 6. The van der Waals surface area contributed by atoms with E-state index in [0.29, 0.717) is 44.7 Å². The van der Waals surface area contributed by atoms with Crippen molar-refractivity contribution in [2.45, 2.75) is 25.9 Å². The molecule has 0 radical (unpaired) electrons. The van der Waals surface area contributed by atoms with Gasteiger partial charge in [-0.05, 0) is 73.0 Å². The zero-order valence-corrected chi connectivity index (χ0v) is 25.6. The van der Waals surface area contributed by atoms with Crippen LogP contribution in [0, 0.1) is 11.3 Å². The van der Waals surface area contributed by atoms with E-state index in [2.05, 4.69) is 47.0 Å². The number of aryl methyl sites for hydroxylation is 1. The van der Waals surface area contributed by atoms with Crippen molar-refractivity contribution in [1.82, 2.24) is 24.3 Å². The number of fused-ring (bicyclic) bond motifs is 1. The molecule has 8 nitrogen and oxygen atoms in total. The first kappa shape index (κ1) is 29.1. The highest BCUT2D eigenvalue weighted by Crippen LogP contribution is 2.39. The number of imidazole rings is 1. The molecule has 0 saturated heterocycles. The lowest BCUT2D eigenvalue weighted by Gasteiger charge is -2.30. The van der Waals surface area contributed by atoms with Crippen molar-refractivity contribution < 1.29 is 5.11 Å². The molecule has 1 unspecified atom stereocenters. The number of hydrogen-bond donors (Lipinski definition) is 1. The number of benzene rings is 3. The minimum atomic E-state index is -1.56. The molecule has 0 aliphatic rings. The van der Waals surface area contributed by atoms with Gasteiger partial charge in [0.25, 0.3) is 0 Å². The van der Waals surface area contributed by atoms with Crippen LogP contribution in [0.1, 0.15) is 47.4 Å². The van der Waals surface area contributed by atoms with Crippen LogP contribution in [0.2, 0.25) is 5.02 Å². The van der Waals surface area contributed by atoms with E-state index < -0.39 is 5.60 Å². The summed E-state index contributed by atoms with van der Waals surface area (Å²) in [5.74, 6) is 0.794. The topological polar surface area (TPSA) is 95.8 Å². The largest absolute Gasteiger partial charge is 0.374 e. The SMILES string of the molecule is CCN(CC)c1nc2ccc(C(O)(c3ccc(Cl)cc3)c3cncn3C)cc2c(C#N)c1Cc1ccc(-n2cccn2)cc1. The average molecular weight is 602 g/mol. The molecule has 0 aliphatic carbocycles. The first-order valence-electron chi connectivity index (χ1n) is 14.5. The predicted octanol–water partition coefficient (Wildman–Crippen LogP) is 6.40. The fraction of sp³-hybridized carbons (Fsp3) is 0.200. The number of halogens is 1. The minimum absolute atomic E-state index is 0.518. The summed E-state index contributed by atoms with van der Waals surface area (Å²) in [4.78, 5) is 11.6. The Bertz CT molecular complexity index is 1950. The molecule has 44 heavy (non-hydrogen) atoms. The molecule has 0 bridgehead atoms. The Balaban J connectivity index is 1.54. The van der Waals surface area contributed by atoms with Crippen LogP contribution in [0.5, 0.6) is 0 Å². The molecule has 3 aromatic heterocycles. The molecule has 0 aliphatic heterocycles. The molecule has 1 N–H and O–H groups in total. The summed E-state index contributed by atoms with van der Waals surface area (Å²) in [6.07, 6.45) is 7.49. The van der Waals surface area contributed by atoms with Crippen molar-refractivity contribution >= 4 is 28.3 Å². The predicted molar refractivity (Wildman–Crippen MR) is 173 cm³/mol. The Hall–Kier alpha value is -4.97. The lowest BCUT2D eigenvalue weighted by molar-refractivity contribution is 0.117. The van der Waals surface area contributed by atoms with Crippen LogP contribution in [0.4, 0.5) is 5.82 Å². The monoisotopic (exact) mass is 601 g/mol. The van der Waals surface area contributed by atoms with Crippen molar-refractivity contribution in [3.8, 4) is 11.8 Å². The fourth-order valence-corrected chi connectivity index (χ4v) is 5.97. The van der Waals surface area contributed by atoms with E-state index >= 15 is 0 Å². The summed E-state index contributed by atoms with van der Waals surface area (Å²) in [5.41, 5.74) is 4.35. The first-order chi connectivity index (χ1) is 21.4. The van der Waals surface area contributed by atoms with Crippen LogP contribution in [0.25, 0.3) is 16.6 Å². The number of anilines is 1. The van der Waals surface area contributed by atoms with Crippen molar-refractivity contribution in [2.24, 2.45) is 7.05 Å². The van der Waals surface area contributed by atoms with Crippen LogP contribution >= 0.6 is 11.6 Å². The first-order valence-corrected chi connectivity index (χ1v) is 14.9. The number of aliphatic hydroxyl groups is 1. The van der Waals surface area contributed by atoms with Gasteiger partial charge in [0.05, 0.1) is 35.0 Å². The molecule has 3 heterocycles. The third-order valence-electron chi connectivity index (χ3n) is 8.19. The molecular weight excluding hydrogens is 570 g/mol. The minimum Gasteiger partial charge on any atom is -0.374 e. The summed E-state index contributed by atoms with van der Waals surface area (Å²) in [6, 6.07) is 25.4. The second kappa shape index (κ2) is 12.0. The van der Waals surface area contributed by atoms with Gasteiger partial charge in [-0.1, -0.05) is 41.9 Å². The van der Waals surface area contributed by atoms with Gasteiger partial charge >= 0.3 is 0 Å². The Morgan fingerprint density at radius 1 is 1.00 bits per heavy atom. The normalized spacial score (nSPS) is 12.6. The van der Waals surface area contributed by atoms with E-state index in [-0.39, 0.29) is 0 Å². The van der Waals surface area contributed by atoms with E-state index in [1.54, 1.807) is 35.4 Å². The van der Waals surface area contributed by atoms with Gasteiger partial charge in [0.2, 0.25) is 0 Å². The summed E-state index contributed by atoms with van der Waals surface area (Å²) in [5, 5.41) is 28.8. The van der Waals surface area contributed by atoms with Crippen molar-refractivity contribution in [3.63, 3.8) is 0 Å². The molecule has 9 heteroatoms. The highest BCUT2D eigenvalue weighted by Gasteiger charge is 2.37. The summed E-state index contributed by atoms with van der Waals surface area (Å²) in [7, 11) is 1.85. The Kier molecular flexibility index (Phi) is 7.92. The zero-order valence-electron chi connectivity index (χ0n) is 24.8. The number of nitrogens with zero attached hydrogens (tertiary/aromatic N) is 7. The molecular formula is C35H32ClN7O. The number of nitriles is 1. The Labute approximate surface area is 261 Å². The molecule has 0 fully saturated rings. The third kappa shape index (κ3) is 5.11. The van der Waals surface area contributed by atoms with Crippen LogP contribution in [0.3, 0.4) is 0 Å². The van der Waals surface area contributed by atoms with Gasteiger partial charge in [0, 0.05) is 54.9 Å². The lowest BCUT2D eigenvalue weighted by atomic mass is 9.82. The highest BCUT2D eigenvalue weighted by molar-refractivity contribution is 6.30. The van der Waals surface area contributed by atoms with E-state index in [9.17, 15) is 10.4 Å². The quantitative estimate of drug-likeness (QED) is 0.206. The molecule has 6 aromatic rings. The maximum atomic E-state index is 12.5. The zero-order chi connectivity index (χ0) is 30.8. The molecule has 1 atom stereocenters. The summed E-state index contributed by atoms with van der Waals surface area (Å²) >= 11 is 6.21. The number of rotatable bonds is 9. The molecule has 0 amide bonds. The molecule has 220 valence electrons. The average Bonchev–Trinajstić information content (AvgIpc) is 3.74. The maximum absolute atomic E-state index is 12.5. The van der Waals surface area contributed by atoms with Crippen molar-refractivity contribution in [3.05, 3.63) is 136 Å². The Morgan fingerprint density at radius 3 is 2.34 bits per heavy atom. The van der Waals surface area contributed by atoms with Gasteiger partial charge in [-0.15, -0.1) is 0 Å². The second-order valence-electron chi connectivity index (χ2n) is 10.7. The van der Waals surface area contributed by atoms with Crippen LogP contribution in [-0.2, 0) is 19.1 Å². The molecule has 0 saturated carbocycles. The van der Waals surface area contributed by atoms with Gasteiger partial charge in [-0.25, -0.2) is 14.6 Å². The molecule has 3 aromatic carbocycles. The summed E-state index contributed by atoms with van der Waals surface area (Å²) < 4.78 is 3.61. The lowest BCUT2D eigenvalue weighted by Crippen LogP contribution is -2.31. The second-order valence-corrected chi connectivity index (χ2v) is 11.1. The van der Waals surface area contributed by atoms with Gasteiger partial charge in [0.15, 0.2) is 5.60 Å². The van der Waals surface area contributed by atoms with Crippen molar-refractivity contribution in [1.29, 1.82) is 5.26 Å². The van der Waals surface area contributed by atoms with Gasteiger partial charge in [-0.3, -0.25) is 0 Å². The van der Waals surface area contributed by atoms with Gasteiger partial charge in [-0.2, -0.15) is 10.4 Å². The molecule has 6 rings (SSSR count). The highest BCUT2D eigenvalue weighted by atomic mass is 35.5. The van der Waals surface area contributed by atoms with Gasteiger partial charge < -0.3 is 14.6 Å². The van der Waals surface area contributed by atoms with Gasteiger partial charge in [0.1, 0.15) is 11.9 Å². The van der Waals surface area contributed by atoms with Crippen LogP contribution < -0.4 is 4.90 Å². The van der Waals surface area contributed by atoms with Crippen molar-refractivity contribution in [2.75, 3.05) is 18.0 Å². The number of pyridine rings is 1. The third-order valence-corrected chi connectivity index (χ3v) is 8.44. The van der Waals surface area contributed by atoms with Crippen LogP contribution in [-0.4, -0.2) is 42.5 Å². The van der Waals surface area contributed by atoms with E-state index in [1.807, 2.05) is 66.5 Å². The van der Waals surface area contributed by atoms with Crippen LogP contribution in [0.15, 0.2) is 97.7 Å².